The van der Waals surface area contributed by atoms with Gasteiger partial charge >= 0.3 is 5.97 Å². The topological polar surface area (TPSA) is 26.3 Å². The quantitative estimate of drug-likeness (QED) is 0.660. The highest BCUT2D eigenvalue weighted by atomic mass is 32.2. The van der Waals surface area contributed by atoms with E-state index in [0.29, 0.717) is 5.92 Å². The molecule has 0 bridgehead atoms. The van der Waals surface area contributed by atoms with Gasteiger partial charge in [-0.2, -0.15) is 0 Å². The number of halogens is 1. The van der Waals surface area contributed by atoms with Crippen molar-refractivity contribution in [2.24, 2.45) is 5.92 Å². The molecule has 0 heterocycles. The van der Waals surface area contributed by atoms with Crippen LogP contribution < -0.4 is 0 Å². The van der Waals surface area contributed by atoms with E-state index >= 15 is 0 Å². The molecule has 21 heavy (non-hydrogen) atoms. The van der Waals surface area contributed by atoms with Crippen LogP contribution in [0.1, 0.15) is 62.5 Å². The third-order valence-electron chi connectivity index (χ3n) is 4.44. The first-order valence-corrected chi connectivity index (χ1v) is 8.46. The van der Waals surface area contributed by atoms with Gasteiger partial charge in [-0.3, -0.25) is 4.79 Å². The van der Waals surface area contributed by atoms with Gasteiger partial charge in [0.25, 0.3) is 12.4 Å². The SMILES string of the molecule is CCCCc1ccc(C2CCC(C(=O)OSF)CC2)cc1. The van der Waals surface area contributed by atoms with Gasteiger partial charge in [-0.1, -0.05) is 37.6 Å². The predicted molar refractivity (Wildman–Crippen MR) is 84.5 cm³/mol. The molecule has 1 fully saturated rings. The average molecular weight is 310 g/mol. The molecule has 2 nitrogen and oxygen atoms in total. The van der Waals surface area contributed by atoms with Gasteiger partial charge in [0.2, 0.25) is 0 Å². The van der Waals surface area contributed by atoms with Crippen LogP contribution in [0.15, 0.2) is 24.3 Å². The molecule has 0 aliphatic heterocycles. The molecule has 0 aromatic heterocycles. The Kier molecular flexibility index (Phi) is 6.55. The normalized spacial score (nSPS) is 22.0. The number of aryl methyl sites for hydroxylation is 1. The van der Waals surface area contributed by atoms with Gasteiger partial charge in [-0.15, -0.1) is 3.89 Å². The molecule has 1 aliphatic carbocycles. The maximum atomic E-state index is 11.9. The Labute approximate surface area is 131 Å². The number of hydrogen-bond donors (Lipinski definition) is 0. The minimum absolute atomic E-state index is 0.131. The van der Waals surface area contributed by atoms with E-state index in [0.717, 1.165) is 32.1 Å². The first-order chi connectivity index (χ1) is 10.2. The Morgan fingerprint density at radius 2 is 1.90 bits per heavy atom. The van der Waals surface area contributed by atoms with E-state index in [1.54, 1.807) is 0 Å². The van der Waals surface area contributed by atoms with Gasteiger partial charge < -0.3 is 4.18 Å². The van der Waals surface area contributed by atoms with E-state index in [2.05, 4.69) is 35.4 Å². The Morgan fingerprint density at radius 3 is 2.48 bits per heavy atom. The van der Waals surface area contributed by atoms with Crippen LogP contribution in [0.25, 0.3) is 0 Å². The van der Waals surface area contributed by atoms with E-state index in [1.807, 2.05) is 0 Å². The van der Waals surface area contributed by atoms with Crippen LogP contribution in [-0.4, -0.2) is 5.97 Å². The third-order valence-corrected chi connectivity index (χ3v) is 4.67. The van der Waals surface area contributed by atoms with Crippen molar-refractivity contribution in [3.8, 4) is 0 Å². The molecule has 1 aromatic rings. The highest BCUT2D eigenvalue weighted by Crippen LogP contribution is 2.36. The fraction of sp³-hybridized carbons (Fsp3) is 0.588. The van der Waals surface area contributed by atoms with Gasteiger partial charge in [-0.25, -0.2) is 0 Å². The lowest BCUT2D eigenvalue weighted by molar-refractivity contribution is -0.138. The van der Waals surface area contributed by atoms with E-state index in [1.165, 1.54) is 24.0 Å². The van der Waals surface area contributed by atoms with E-state index in [9.17, 15) is 8.68 Å². The first-order valence-electron chi connectivity index (χ1n) is 7.82. The van der Waals surface area contributed by atoms with Crippen molar-refractivity contribution in [3.63, 3.8) is 0 Å². The van der Waals surface area contributed by atoms with E-state index in [-0.39, 0.29) is 18.3 Å². The summed E-state index contributed by atoms with van der Waals surface area (Å²) in [4.78, 5) is 11.5. The summed E-state index contributed by atoms with van der Waals surface area (Å²) in [5.74, 6) is -0.0171. The highest BCUT2D eigenvalue weighted by molar-refractivity contribution is 7.89. The van der Waals surface area contributed by atoms with Crippen LogP contribution in [0.5, 0.6) is 0 Å². The van der Waals surface area contributed by atoms with Crippen molar-refractivity contribution in [1.82, 2.24) is 0 Å². The summed E-state index contributed by atoms with van der Waals surface area (Å²) in [6.45, 7) is 2.21. The van der Waals surface area contributed by atoms with Crippen molar-refractivity contribution < 1.29 is 12.9 Å². The Morgan fingerprint density at radius 1 is 1.24 bits per heavy atom. The molecular weight excluding hydrogens is 287 g/mol. The molecule has 2 rings (SSSR count). The molecule has 4 heteroatoms. The molecule has 0 atom stereocenters. The molecule has 0 amide bonds. The van der Waals surface area contributed by atoms with E-state index < -0.39 is 5.97 Å². The molecule has 1 saturated carbocycles. The van der Waals surface area contributed by atoms with Crippen LogP contribution in [0.4, 0.5) is 3.89 Å². The molecule has 0 N–H and O–H groups in total. The zero-order valence-electron chi connectivity index (χ0n) is 12.5. The predicted octanol–water partition coefficient (Wildman–Crippen LogP) is 5.38. The molecule has 0 unspecified atom stereocenters. The first kappa shape index (κ1) is 16.3. The van der Waals surface area contributed by atoms with Crippen LogP contribution in [0.3, 0.4) is 0 Å². The molecule has 1 aromatic carbocycles. The molecule has 1 aliphatic rings. The van der Waals surface area contributed by atoms with Crippen LogP contribution >= 0.6 is 12.4 Å². The van der Waals surface area contributed by atoms with Gasteiger partial charge in [0.05, 0.1) is 5.92 Å². The smallest absolute Gasteiger partial charge is 0.323 e. The molecular formula is C17H23FO2S. The Bertz CT molecular complexity index is 439. The molecule has 0 saturated heterocycles. The monoisotopic (exact) mass is 310 g/mol. The number of carbonyl (C=O) groups is 1. The largest absolute Gasteiger partial charge is 0.360 e. The Hall–Kier alpha value is -1.03. The summed E-state index contributed by atoms with van der Waals surface area (Å²) < 4.78 is 16.3. The standard InChI is InChI=1S/C17H23FO2S/c1-2-3-4-13-5-7-14(8-6-13)15-9-11-16(12-10-15)17(19)20-21-18/h5-8,15-16H,2-4,9-12H2,1H3. The average Bonchev–Trinajstić information content (AvgIpc) is 2.54. The minimum atomic E-state index is -0.407. The Balaban J connectivity index is 1.85. The summed E-state index contributed by atoms with van der Waals surface area (Å²) in [6.07, 6.45) is 7.15. The second-order valence-corrected chi connectivity index (χ2v) is 6.15. The minimum Gasteiger partial charge on any atom is -0.360 e. The zero-order valence-corrected chi connectivity index (χ0v) is 13.3. The van der Waals surface area contributed by atoms with Crippen molar-refractivity contribution >= 4 is 18.4 Å². The van der Waals surface area contributed by atoms with Gasteiger partial charge in [-0.05, 0) is 55.6 Å². The summed E-state index contributed by atoms with van der Waals surface area (Å²) >= 11 is -0.341. The highest BCUT2D eigenvalue weighted by Gasteiger charge is 2.28. The number of rotatable bonds is 6. The van der Waals surface area contributed by atoms with Crippen LogP contribution in [0.2, 0.25) is 0 Å². The maximum Gasteiger partial charge on any atom is 0.323 e. The molecule has 0 spiro atoms. The number of carbonyl (C=O) groups excluding carboxylic acids is 1. The second kappa shape index (κ2) is 8.42. The molecule has 0 radical (unpaired) electrons. The summed E-state index contributed by atoms with van der Waals surface area (Å²) in [6, 6.07) is 8.91. The lowest BCUT2D eigenvalue weighted by Crippen LogP contribution is -2.21. The van der Waals surface area contributed by atoms with Crippen molar-refractivity contribution in [1.29, 1.82) is 0 Å². The van der Waals surface area contributed by atoms with E-state index in [4.69, 9.17) is 0 Å². The lowest BCUT2D eigenvalue weighted by atomic mass is 9.78. The fourth-order valence-electron chi connectivity index (χ4n) is 3.10. The fourth-order valence-corrected chi connectivity index (χ4v) is 3.30. The van der Waals surface area contributed by atoms with Crippen molar-refractivity contribution in [2.45, 2.75) is 57.8 Å². The van der Waals surface area contributed by atoms with Crippen molar-refractivity contribution in [3.05, 3.63) is 35.4 Å². The summed E-state index contributed by atoms with van der Waals surface area (Å²) in [7, 11) is 0. The maximum absolute atomic E-state index is 11.9. The number of hydrogen-bond acceptors (Lipinski definition) is 3. The van der Waals surface area contributed by atoms with Gasteiger partial charge in [0.1, 0.15) is 0 Å². The van der Waals surface area contributed by atoms with Crippen molar-refractivity contribution in [2.75, 3.05) is 0 Å². The third kappa shape index (κ3) is 4.73. The van der Waals surface area contributed by atoms with Gasteiger partial charge in [0, 0.05) is 0 Å². The van der Waals surface area contributed by atoms with Crippen LogP contribution in [-0.2, 0) is 15.4 Å². The summed E-state index contributed by atoms with van der Waals surface area (Å²) in [5, 5.41) is 0. The summed E-state index contributed by atoms with van der Waals surface area (Å²) in [5.41, 5.74) is 2.76. The molecule has 116 valence electrons. The lowest BCUT2D eigenvalue weighted by Gasteiger charge is -2.27. The second-order valence-electron chi connectivity index (χ2n) is 5.86. The number of unbranched alkanes of at least 4 members (excludes halogenated alkanes) is 1. The zero-order chi connectivity index (χ0) is 15.1. The van der Waals surface area contributed by atoms with Crippen LogP contribution in [0, 0.1) is 5.92 Å². The van der Waals surface area contributed by atoms with Gasteiger partial charge in [0.15, 0.2) is 0 Å². The number of benzene rings is 1.